The second kappa shape index (κ2) is 19.4. The number of fused-ring (bicyclic) bond motifs is 9. The van der Waals surface area contributed by atoms with Gasteiger partial charge in [-0.25, -0.2) is 0 Å². The number of hydrogen-bond acceptors (Lipinski definition) is 0. The van der Waals surface area contributed by atoms with Crippen molar-refractivity contribution in [3.05, 3.63) is 321 Å². The van der Waals surface area contributed by atoms with Crippen LogP contribution in [0.25, 0.3) is 116 Å². The van der Waals surface area contributed by atoms with Crippen molar-refractivity contribution in [2.24, 2.45) is 0 Å². The summed E-state index contributed by atoms with van der Waals surface area (Å²) in [6.07, 6.45) is 0. The molecule has 0 spiro atoms. The first-order chi connectivity index (χ1) is 44.0. The maximum atomic E-state index is 9.45. The van der Waals surface area contributed by atoms with Crippen LogP contribution in [-0.4, -0.2) is 21.8 Å². The first kappa shape index (κ1) is 39.8. The molecule has 0 aliphatic carbocycles. The van der Waals surface area contributed by atoms with Crippen molar-refractivity contribution in [3.63, 3.8) is 0 Å². The summed E-state index contributed by atoms with van der Waals surface area (Å²) in [7, 11) is -3.17. The van der Waals surface area contributed by atoms with E-state index in [0.29, 0.717) is 5.69 Å². The summed E-state index contributed by atoms with van der Waals surface area (Å²) in [6, 6.07) is 94.3. The van der Waals surface area contributed by atoms with Crippen LogP contribution in [0.1, 0.15) is 11.0 Å². The van der Waals surface area contributed by atoms with E-state index in [4.69, 9.17) is 5.48 Å². The third kappa shape index (κ3) is 7.50. The van der Waals surface area contributed by atoms with E-state index in [1.807, 2.05) is 36.4 Å². The molecule has 0 saturated heterocycles. The predicted octanol–water partition coefficient (Wildman–Crippen LogP) is 17.4. The lowest BCUT2D eigenvalue weighted by Gasteiger charge is -2.35. The molecule has 0 unspecified atom stereocenters. The molecule has 0 fully saturated rings. The molecule has 3 aromatic heterocycles. The Morgan fingerprint density at radius 2 is 0.646 bits per heavy atom. The lowest BCUT2D eigenvalue weighted by molar-refractivity contribution is 1.13. The van der Waals surface area contributed by atoms with Crippen molar-refractivity contribution in [2.45, 2.75) is 0 Å². The van der Waals surface area contributed by atoms with Gasteiger partial charge >= 0.3 is 0 Å². The zero-order valence-corrected chi connectivity index (χ0v) is 45.3. The van der Waals surface area contributed by atoms with Gasteiger partial charge in [-0.1, -0.05) is 261 Å². The van der Waals surface area contributed by atoms with E-state index in [0.717, 1.165) is 88.4 Å². The van der Waals surface area contributed by atoms with E-state index in [9.17, 15) is 5.48 Å². The van der Waals surface area contributed by atoms with Gasteiger partial charge in [0.15, 0.2) is 8.07 Å². The maximum absolute atomic E-state index is 9.45. The SMILES string of the molecule is [2H]c1c([2H])c([2H])c2c(c1[2H])c1c([2H])c([2H])c([2H])c([2H])c1n2-c1cccc2c1c1ccccc1n2-c1cc(-c2ccc([Si](c3ccccc3)(c3cccc(-c4ccccc4)c3)c3cccc(-c4ccccc4)c3)cc2)cc(-n2c3ccccc3c3ccccc32)c1. The molecular formula is C78H53N3Si. The topological polar surface area (TPSA) is 14.8 Å². The number of rotatable bonds is 10. The normalized spacial score (nSPS) is 13.3. The molecule has 13 aromatic carbocycles. The molecule has 0 atom stereocenters. The molecule has 0 amide bonds. The molecule has 0 saturated carbocycles. The molecule has 0 bridgehead atoms. The van der Waals surface area contributed by atoms with Gasteiger partial charge in [-0.3, -0.25) is 0 Å². The monoisotopic (exact) mass is 1070 g/mol. The molecular weight excluding hydrogens is 1010 g/mol. The van der Waals surface area contributed by atoms with Gasteiger partial charge in [0.1, 0.15) is 0 Å². The second-order valence-corrected chi connectivity index (χ2v) is 24.8. The average Bonchev–Trinajstić information content (AvgIpc) is 1.51. The van der Waals surface area contributed by atoms with Crippen LogP contribution in [0.5, 0.6) is 0 Å². The summed E-state index contributed by atoms with van der Waals surface area (Å²) in [5.41, 5.74) is 12.8. The molecule has 82 heavy (non-hydrogen) atoms. The summed E-state index contributed by atoms with van der Waals surface area (Å²) in [6.45, 7) is 0. The molecule has 0 radical (unpaired) electrons. The Morgan fingerprint density at radius 1 is 0.244 bits per heavy atom. The van der Waals surface area contributed by atoms with E-state index in [2.05, 4.69) is 246 Å². The fourth-order valence-corrected chi connectivity index (χ4v) is 17.9. The molecule has 0 N–H and O–H groups in total. The quantitative estimate of drug-likeness (QED) is 0.0958. The molecule has 384 valence electrons. The molecule has 3 heterocycles. The van der Waals surface area contributed by atoms with E-state index in [1.54, 1.807) is 4.57 Å². The minimum Gasteiger partial charge on any atom is -0.309 e. The van der Waals surface area contributed by atoms with E-state index >= 15 is 0 Å². The second-order valence-electron chi connectivity index (χ2n) is 21.0. The van der Waals surface area contributed by atoms with Crippen LogP contribution in [0.4, 0.5) is 0 Å². The van der Waals surface area contributed by atoms with E-state index in [1.165, 1.54) is 20.7 Å². The van der Waals surface area contributed by atoms with Crippen molar-refractivity contribution in [1.82, 2.24) is 13.7 Å². The summed E-state index contributed by atoms with van der Waals surface area (Å²) < 4.78 is 79.0. The van der Waals surface area contributed by atoms with Crippen molar-refractivity contribution >= 4 is 94.2 Å². The third-order valence-electron chi connectivity index (χ3n) is 16.6. The lowest BCUT2D eigenvalue weighted by Crippen LogP contribution is -2.74. The van der Waals surface area contributed by atoms with Crippen LogP contribution in [0.2, 0.25) is 0 Å². The minimum absolute atomic E-state index is 0.0309. The highest BCUT2D eigenvalue weighted by Gasteiger charge is 2.42. The van der Waals surface area contributed by atoms with E-state index in [-0.39, 0.29) is 46.0 Å². The van der Waals surface area contributed by atoms with Crippen LogP contribution in [0, 0.1) is 0 Å². The molecule has 4 heteroatoms. The molecule has 0 aliphatic rings. The molecule has 0 aliphatic heterocycles. The number of para-hydroxylation sites is 5. The average molecular weight is 1070 g/mol. The largest absolute Gasteiger partial charge is 0.309 e. The summed E-state index contributed by atoms with van der Waals surface area (Å²) >= 11 is 0. The van der Waals surface area contributed by atoms with Crippen LogP contribution < -0.4 is 20.7 Å². The van der Waals surface area contributed by atoms with Crippen LogP contribution in [0.15, 0.2) is 321 Å². The van der Waals surface area contributed by atoms with Crippen LogP contribution in [-0.2, 0) is 0 Å². The van der Waals surface area contributed by atoms with Gasteiger partial charge in [-0.05, 0) is 115 Å². The van der Waals surface area contributed by atoms with Gasteiger partial charge < -0.3 is 13.7 Å². The number of benzene rings is 13. The smallest absolute Gasteiger partial charge is 0.179 e. The number of aromatic nitrogens is 3. The molecule has 3 nitrogen and oxygen atoms in total. The Hall–Kier alpha value is -10.5. The molecule has 16 rings (SSSR count). The standard InChI is InChI=1S/C78H53N3Si/c1-4-23-54(24-5-1)57-27-20-31-64(51-57)82(62-29-8-3-9-30-62,65-32-21-28-58(52-65)55-25-6-2-7-26-55)63-47-45-56(46-48-63)59-49-60(79-71-38-15-10-33-66(71)67-34-11-16-39-72(67)79)53-61(50-59)80-75-42-19-14-37-70(75)78-76(80)43-22-44-77(78)81-73-40-17-12-35-68(73)69-36-13-18-41-74(69)81/h1-53H/i12D,13D,17D,18D,35D,36D,40D,41D. The zero-order valence-electron chi connectivity index (χ0n) is 52.3. The Morgan fingerprint density at radius 3 is 1.21 bits per heavy atom. The number of hydrogen-bond donors (Lipinski definition) is 0. The van der Waals surface area contributed by atoms with Gasteiger partial charge in [-0.2, -0.15) is 0 Å². The highest BCUT2D eigenvalue weighted by atomic mass is 28.3. The van der Waals surface area contributed by atoms with Crippen LogP contribution in [0.3, 0.4) is 0 Å². The van der Waals surface area contributed by atoms with Gasteiger partial charge in [0, 0.05) is 43.7 Å². The minimum atomic E-state index is -3.17. The Labute approximate surface area is 488 Å². The molecule has 16 aromatic rings. The van der Waals surface area contributed by atoms with Crippen molar-refractivity contribution in [3.8, 4) is 50.4 Å². The highest BCUT2D eigenvalue weighted by Crippen LogP contribution is 2.42. The number of nitrogens with zero attached hydrogens (tertiary/aromatic N) is 3. The van der Waals surface area contributed by atoms with Gasteiger partial charge in [-0.15, -0.1) is 0 Å². The van der Waals surface area contributed by atoms with Gasteiger partial charge in [0.05, 0.1) is 49.8 Å². The lowest BCUT2D eigenvalue weighted by atomic mass is 10.0. The zero-order chi connectivity index (χ0) is 61.1. The first-order valence-electron chi connectivity index (χ1n) is 31.7. The summed E-state index contributed by atoms with van der Waals surface area (Å²) in [4.78, 5) is 0. The Balaban J connectivity index is 0.963. The predicted molar refractivity (Wildman–Crippen MR) is 349 cm³/mol. The Kier molecular flexibility index (Phi) is 9.40. The summed E-state index contributed by atoms with van der Waals surface area (Å²) in [5, 5.41) is 8.89. The third-order valence-corrected chi connectivity index (χ3v) is 21.4. The maximum Gasteiger partial charge on any atom is 0.179 e. The first-order valence-corrected chi connectivity index (χ1v) is 29.7. The Bertz CT molecular complexity index is 5370. The fourth-order valence-electron chi connectivity index (χ4n) is 13.1. The van der Waals surface area contributed by atoms with Gasteiger partial charge in [0.2, 0.25) is 0 Å². The van der Waals surface area contributed by atoms with Crippen molar-refractivity contribution in [2.75, 3.05) is 0 Å². The fraction of sp³-hybridized carbons (Fsp3) is 0. The summed E-state index contributed by atoms with van der Waals surface area (Å²) in [5.74, 6) is 0. The van der Waals surface area contributed by atoms with Crippen LogP contribution >= 0.6 is 0 Å². The highest BCUT2D eigenvalue weighted by molar-refractivity contribution is 7.20. The van der Waals surface area contributed by atoms with Gasteiger partial charge in [0.25, 0.3) is 0 Å². The van der Waals surface area contributed by atoms with E-state index < -0.39 is 32.2 Å². The van der Waals surface area contributed by atoms with Crippen molar-refractivity contribution < 1.29 is 11.0 Å². The van der Waals surface area contributed by atoms with Crippen molar-refractivity contribution in [1.29, 1.82) is 0 Å².